The van der Waals surface area contributed by atoms with E-state index in [-0.39, 0.29) is 10.8 Å². The van der Waals surface area contributed by atoms with E-state index in [0.29, 0.717) is 31.0 Å². The minimum atomic E-state index is -3.77. The fraction of sp³-hybridized carbons (Fsp3) is 0.588. The number of nitrogens with one attached hydrogen (secondary N) is 1. The number of benzene rings is 1. The molecule has 1 saturated heterocycles. The molecule has 0 radical (unpaired) electrons. The minimum absolute atomic E-state index is 0.170. The van der Waals surface area contributed by atoms with Crippen LogP contribution in [0.1, 0.15) is 37.8 Å². The van der Waals surface area contributed by atoms with Gasteiger partial charge in [0.15, 0.2) is 0 Å². The van der Waals surface area contributed by atoms with E-state index in [1.165, 1.54) is 0 Å². The number of ether oxygens (including phenoxy) is 1. The lowest BCUT2D eigenvalue weighted by Gasteiger charge is -2.21. The third kappa shape index (κ3) is 4.08. The molecule has 1 aliphatic rings. The Morgan fingerprint density at radius 2 is 1.88 bits per heavy atom. The molecule has 6 nitrogen and oxygen atoms in total. The summed E-state index contributed by atoms with van der Waals surface area (Å²) in [6, 6.07) is 2.54. The number of hydrogen-bond acceptors (Lipinski definition) is 4. The molecule has 24 heavy (non-hydrogen) atoms. The van der Waals surface area contributed by atoms with Gasteiger partial charge in [0.05, 0.1) is 17.5 Å². The molecule has 0 bridgehead atoms. The molecule has 0 aromatic heterocycles. The second kappa shape index (κ2) is 7.53. The topological polar surface area (TPSA) is 75.7 Å². The van der Waals surface area contributed by atoms with Gasteiger partial charge < -0.3 is 9.64 Å². The average molecular weight is 354 g/mol. The van der Waals surface area contributed by atoms with Crippen LogP contribution in [0.5, 0.6) is 5.75 Å². The molecule has 1 heterocycles. The van der Waals surface area contributed by atoms with Gasteiger partial charge in [0, 0.05) is 13.1 Å². The molecular formula is C17H26N2O4S. The normalized spacial score (nSPS) is 16.2. The van der Waals surface area contributed by atoms with Crippen LogP contribution in [0.15, 0.2) is 17.0 Å². The molecule has 1 fully saturated rings. The monoisotopic (exact) mass is 354 g/mol. The number of carbonyl (C=O) groups excluding carboxylic acids is 1. The van der Waals surface area contributed by atoms with Crippen molar-refractivity contribution in [2.45, 2.75) is 51.5 Å². The predicted molar refractivity (Wildman–Crippen MR) is 92.7 cm³/mol. The highest BCUT2D eigenvalue weighted by atomic mass is 32.2. The Bertz CT molecular complexity index is 710. The van der Waals surface area contributed by atoms with Crippen LogP contribution >= 0.6 is 0 Å². The fourth-order valence-corrected chi connectivity index (χ4v) is 4.43. The summed E-state index contributed by atoms with van der Waals surface area (Å²) < 4.78 is 33.4. The Morgan fingerprint density at radius 1 is 1.25 bits per heavy atom. The largest absolute Gasteiger partial charge is 0.494 e. The van der Waals surface area contributed by atoms with E-state index in [0.717, 1.165) is 18.4 Å². The number of sulfonamides is 1. The van der Waals surface area contributed by atoms with Crippen molar-refractivity contribution in [1.82, 2.24) is 9.62 Å². The zero-order valence-electron chi connectivity index (χ0n) is 14.8. The number of hydrogen-bond donors (Lipinski definition) is 1. The van der Waals surface area contributed by atoms with E-state index in [2.05, 4.69) is 4.72 Å². The van der Waals surface area contributed by atoms with Gasteiger partial charge in [-0.25, -0.2) is 8.42 Å². The van der Waals surface area contributed by atoms with Gasteiger partial charge in [-0.1, -0.05) is 0 Å². The van der Waals surface area contributed by atoms with Crippen molar-refractivity contribution in [2.75, 3.05) is 19.7 Å². The van der Waals surface area contributed by atoms with Gasteiger partial charge in [-0.3, -0.25) is 4.79 Å². The maximum absolute atomic E-state index is 12.7. The summed E-state index contributed by atoms with van der Waals surface area (Å²) in [6.45, 7) is 8.93. The Hall–Kier alpha value is -1.60. The molecule has 0 unspecified atom stereocenters. The van der Waals surface area contributed by atoms with Crippen LogP contribution in [-0.4, -0.2) is 45.0 Å². The van der Waals surface area contributed by atoms with Crippen molar-refractivity contribution in [2.24, 2.45) is 0 Å². The third-order valence-corrected chi connectivity index (χ3v) is 5.86. The molecule has 2 rings (SSSR count). The van der Waals surface area contributed by atoms with Gasteiger partial charge in [-0.05, 0) is 63.8 Å². The smallest absolute Gasteiger partial charge is 0.241 e. The Kier molecular flexibility index (Phi) is 5.87. The molecule has 1 N–H and O–H groups in total. The molecular weight excluding hydrogens is 328 g/mol. The molecule has 1 aliphatic heterocycles. The van der Waals surface area contributed by atoms with Crippen LogP contribution in [0.25, 0.3) is 0 Å². The van der Waals surface area contributed by atoms with Crippen molar-refractivity contribution in [3.8, 4) is 5.75 Å². The lowest BCUT2D eigenvalue weighted by molar-refractivity contribution is -0.131. The van der Waals surface area contributed by atoms with Gasteiger partial charge in [0.1, 0.15) is 5.75 Å². The quantitative estimate of drug-likeness (QED) is 0.848. The number of amides is 1. The number of rotatable bonds is 6. The highest BCUT2D eigenvalue weighted by Crippen LogP contribution is 2.26. The second-order valence-electron chi connectivity index (χ2n) is 6.19. The summed E-state index contributed by atoms with van der Waals surface area (Å²) in [7, 11) is -3.77. The molecule has 7 heteroatoms. The van der Waals surface area contributed by atoms with E-state index >= 15 is 0 Å². The summed E-state index contributed by atoms with van der Waals surface area (Å²) in [5, 5.41) is 0. The molecule has 1 atom stereocenters. The van der Waals surface area contributed by atoms with Crippen LogP contribution in [0.2, 0.25) is 0 Å². The molecule has 0 spiro atoms. The van der Waals surface area contributed by atoms with Crippen LogP contribution in [-0.2, 0) is 14.8 Å². The van der Waals surface area contributed by atoms with E-state index in [1.54, 1.807) is 30.9 Å². The lowest BCUT2D eigenvalue weighted by Crippen LogP contribution is -2.45. The first-order valence-corrected chi connectivity index (χ1v) is 9.79. The average Bonchev–Trinajstić information content (AvgIpc) is 3.03. The Labute approximate surface area is 144 Å². The van der Waals surface area contributed by atoms with Gasteiger partial charge in [0.25, 0.3) is 0 Å². The first-order valence-electron chi connectivity index (χ1n) is 8.31. The standard InChI is InChI=1S/C17H26N2O4S/c1-5-23-15-10-13(3)16(11-12(15)2)24(21,22)18-14(4)17(20)19-8-6-7-9-19/h10-11,14,18H,5-9H2,1-4H3/t14-/m0/s1. The van der Waals surface area contributed by atoms with Crippen molar-refractivity contribution in [1.29, 1.82) is 0 Å². The van der Waals surface area contributed by atoms with Crippen LogP contribution < -0.4 is 9.46 Å². The van der Waals surface area contributed by atoms with E-state index in [9.17, 15) is 13.2 Å². The van der Waals surface area contributed by atoms with Crippen molar-refractivity contribution >= 4 is 15.9 Å². The van der Waals surface area contributed by atoms with Gasteiger partial charge in [-0.15, -0.1) is 0 Å². The lowest BCUT2D eigenvalue weighted by atomic mass is 10.1. The predicted octanol–water partition coefficient (Wildman–Crippen LogP) is 1.99. The number of aryl methyl sites for hydroxylation is 2. The maximum Gasteiger partial charge on any atom is 0.241 e. The maximum atomic E-state index is 12.7. The van der Waals surface area contributed by atoms with Crippen molar-refractivity contribution in [3.05, 3.63) is 23.3 Å². The fourth-order valence-electron chi connectivity index (χ4n) is 2.92. The first kappa shape index (κ1) is 18.7. The van der Waals surface area contributed by atoms with Crippen molar-refractivity contribution in [3.63, 3.8) is 0 Å². The molecule has 134 valence electrons. The van der Waals surface area contributed by atoms with Crippen LogP contribution in [0.3, 0.4) is 0 Å². The van der Waals surface area contributed by atoms with E-state index < -0.39 is 16.1 Å². The van der Waals surface area contributed by atoms with Gasteiger partial charge in [-0.2, -0.15) is 4.72 Å². The summed E-state index contributed by atoms with van der Waals surface area (Å²) in [5.74, 6) is 0.506. The SMILES string of the molecule is CCOc1cc(C)c(S(=O)(=O)N[C@@H](C)C(=O)N2CCCC2)cc1C. The first-order chi connectivity index (χ1) is 11.3. The molecule has 0 aliphatic carbocycles. The van der Waals surface area contributed by atoms with E-state index in [1.807, 2.05) is 13.8 Å². The van der Waals surface area contributed by atoms with Gasteiger partial charge in [0.2, 0.25) is 15.9 Å². The Morgan fingerprint density at radius 3 is 2.46 bits per heavy atom. The minimum Gasteiger partial charge on any atom is -0.494 e. The second-order valence-corrected chi connectivity index (χ2v) is 7.87. The number of likely N-dealkylation sites (tertiary alicyclic amines) is 1. The number of carbonyl (C=O) groups is 1. The van der Waals surface area contributed by atoms with Crippen LogP contribution in [0.4, 0.5) is 0 Å². The summed E-state index contributed by atoms with van der Waals surface area (Å²) in [5.41, 5.74) is 1.35. The van der Waals surface area contributed by atoms with Crippen LogP contribution in [0, 0.1) is 13.8 Å². The zero-order valence-corrected chi connectivity index (χ0v) is 15.6. The Balaban J connectivity index is 2.20. The summed E-state index contributed by atoms with van der Waals surface area (Å²) in [4.78, 5) is 14.2. The molecule has 1 aromatic carbocycles. The van der Waals surface area contributed by atoms with E-state index in [4.69, 9.17) is 4.74 Å². The molecule has 1 amide bonds. The highest BCUT2D eigenvalue weighted by molar-refractivity contribution is 7.89. The third-order valence-electron chi connectivity index (χ3n) is 4.18. The number of nitrogens with zero attached hydrogens (tertiary/aromatic N) is 1. The molecule has 1 aromatic rings. The zero-order chi connectivity index (χ0) is 17.9. The van der Waals surface area contributed by atoms with Gasteiger partial charge >= 0.3 is 0 Å². The highest BCUT2D eigenvalue weighted by Gasteiger charge is 2.28. The van der Waals surface area contributed by atoms with Crippen molar-refractivity contribution < 1.29 is 17.9 Å². The molecule has 0 saturated carbocycles. The summed E-state index contributed by atoms with van der Waals surface area (Å²) >= 11 is 0. The summed E-state index contributed by atoms with van der Waals surface area (Å²) in [6.07, 6.45) is 1.95.